The Hall–Kier alpha value is -3.05. The van der Waals surface area contributed by atoms with Crippen molar-refractivity contribution >= 4 is 27.5 Å². The van der Waals surface area contributed by atoms with Crippen molar-refractivity contribution in [3.8, 4) is 0 Å². The molecule has 4 rings (SSSR count). The third-order valence-corrected chi connectivity index (χ3v) is 8.96. The summed E-state index contributed by atoms with van der Waals surface area (Å²) >= 11 is 0. The van der Waals surface area contributed by atoms with Gasteiger partial charge >= 0.3 is 0 Å². The normalized spacial score (nSPS) is 20.6. The summed E-state index contributed by atoms with van der Waals surface area (Å²) in [4.78, 5) is 30.3. The second kappa shape index (κ2) is 11.4. The molecule has 10 heteroatoms. The number of Topliss-reactive ketones (excluding diaryl/α,β-unsaturated/α-hetero) is 1. The number of carbonyl (C=O) groups excluding carboxylic acids is 2. The molecule has 38 heavy (non-hydrogen) atoms. The Labute approximate surface area is 224 Å². The molecule has 2 fully saturated rings. The van der Waals surface area contributed by atoms with Crippen LogP contribution >= 0.6 is 0 Å². The Balaban J connectivity index is 1.74. The van der Waals surface area contributed by atoms with E-state index in [1.54, 1.807) is 0 Å². The number of benzene rings is 2. The first-order valence-corrected chi connectivity index (χ1v) is 14.2. The van der Waals surface area contributed by atoms with Gasteiger partial charge in [-0.05, 0) is 41.3 Å². The van der Waals surface area contributed by atoms with E-state index in [-0.39, 0.29) is 21.8 Å². The highest BCUT2D eigenvalue weighted by atomic mass is 32.2. The van der Waals surface area contributed by atoms with E-state index in [9.17, 15) is 23.1 Å². The van der Waals surface area contributed by atoms with Crippen molar-refractivity contribution in [2.75, 3.05) is 53.5 Å². The molecule has 2 aliphatic rings. The van der Waals surface area contributed by atoms with Crippen LogP contribution in [0.3, 0.4) is 0 Å². The van der Waals surface area contributed by atoms with Crippen molar-refractivity contribution in [2.24, 2.45) is 0 Å². The number of nitrogens with zero attached hydrogens (tertiary/aromatic N) is 3. The molecule has 1 N–H and O–H groups in total. The monoisotopic (exact) mass is 541 g/mol. The van der Waals surface area contributed by atoms with Gasteiger partial charge in [0.25, 0.3) is 11.7 Å². The highest BCUT2D eigenvalue weighted by molar-refractivity contribution is 7.89. The molecule has 1 atom stereocenters. The van der Waals surface area contributed by atoms with Gasteiger partial charge in [0.2, 0.25) is 10.0 Å². The standard InChI is InChI=1S/C28H35N3O6S/c1-19(2)20-5-7-21(8-6-20)25-24(26(32)22-9-11-23(12-10-22)38(35,36)29(3)4)27(33)28(34)31(25)14-13-30-15-17-37-18-16-30/h5-12,19,25,32H,13-18H2,1-4H3/t25-/m0/s1. The molecule has 0 spiro atoms. The number of amides is 1. The van der Waals surface area contributed by atoms with E-state index >= 15 is 0 Å². The van der Waals surface area contributed by atoms with Crippen molar-refractivity contribution in [3.63, 3.8) is 0 Å². The third kappa shape index (κ3) is 5.54. The molecule has 0 aliphatic carbocycles. The number of carbonyl (C=O) groups is 2. The number of aliphatic hydroxyl groups is 1. The van der Waals surface area contributed by atoms with Crippen LogP contribution in [0.25, 0.3) is 5.76 Å². The largest absolute Gasteiger partial charge is 0.507 e. The fourth-order valence-electron chi connectivity index (χ4n) is 4.75. The summed E-state index contributed by atoms with van der Waals surface area (Å²) < 4.78 is 31.4. The molecule has 0 saturated carbocycles. The first-order chi connectivity index (χ1) is 18.0. The van der Waals surface area contributed by atoms with Gasteiger partial charge in [0.1, 0.15) is 5.76 Å². The van der Waals surface area contributed by atoms with E-state index in [0.717, 1.165) is 28.5 Å². The van der Waals surface area contributed by atoms with E-state index in [1.807, 2.05) is 24.3 Å². The summed E-state index contributed by atoms with van der Waals surface area (Å²) in [7, 11) is -0.784. The Morgan fingerprint density at radius 2 is 1.61 bits per heavy atom. The summed E-state index contributed by atoms with van der Waals surface area (Å²) in [6, 6.07) is 12.6. The van der Waals surface area contributed by atoms with Crippen LogP contribution in [-0.4, -0.2) is 92.8 Å². The molecular weight excluding hydrogens is 506 g/mol. The Kier molecular flexibility index (Phi) is 8.37. The van der Waals surface area contributed by atoms with E-state index in [4.69, 9.17) is 4.74 Å². The molecular formula is C28H35N3O6S. The van der Waals surface area contributed by atoms with Crippen molar-refractivity contribution in [1.82, 2.24) is 14.1 Å². The summed E-state index contributed by atoms with van der Waals surface area (Å²) in [6.07, 6.45) is 0. The van der Waals surface area contributed by atoms with Crippen LogP contribution in [0.1, 0.15) is 42.5 Å². The number of ketones is 1. The van der Waals surface area contributed by atoms with E-state index in [0.29, 0.717) is 32.2 Å². The SMILES string of the molecule is CC(C)c1ccc([C@H]2C(=C(O)c3ccc(S(=O)(=O)N(C)C)cc3)C(=O)C(=O)N2CCN2CCOCC2)cc1. The fraction of sp³-hybridized carbons (Fsp3) is 0.429. The van der Waals surface area contributed by atoms with Crippen LogP contribution in [0.5, 0.6) is 0 Å². The minimum Gasteiger partial charge on any atom is -0.507 e. The zero-order valence-electron chi connectivity index (χ0n) is 22.3. The predicted molar refractivity (Wildman–Crippen MR) is 144 cm³/mol. The van der Waals surface area contributed by atoms with Crippen LogP contribution < -0.4 is 0 Å². The van der Waals surface area contributed by atoms with Gasteiger partial charge in [0, 0.05) is 45.8 Å². The number of morpholine rings is 1. The van der Waals surface area contributed by atoms with Crippen molar-refractivity contribution in [2.45, 2.75) is 30.7 Å². The van der Waals surface area contributed by atoms with Crippen molar-refractivity contribution < 1.29 is 27.9 Å². The van der Waals surface area contributed by atoms with Gasteiger partial charge in [0.05, 0.1) is 29.7 Å². The van der Waals surface area contributed by atoms with Crippen LogP contribution in [0.4, 0.5) is 0 Å². The van der Waals surface area contributed by atoms with Crippen LogP contribution in [0.2, 0.25) is 0 Å². The number of ether oxygens (including phenoxy) is 1. The maximum absolute atomic E-state index is 13.3. The number of hydrogen-bond donors (Lipinski definition) is 1. The van der Waals surface area contributed by atoms with Gasteiger partial charge in [-0.15, -0.1) is 0 Å². The Morgan fingerprint density at radius 3 is 2.16 bits per heavy atom. The molecule has 9 nitrogen and oxygen atoms in total. The zero-order valence-corrected chi connectivity index (χ0v) is 23.1. The van der Waals surface area contributed by atoms with Gasteiger partial charge in [-0.1, -0.05) is 38.1 Å². The molecule has 2 heterocycles. The predicted octanol–water partition coefficient (Wildman–Crippen LogP) is 2.81. The van der Waals surface area contributed by atoms with E-state index in [1.165, 1.54) is 43.3 Å². The van der Waals surface area contributed by atoms with Crippen molar-refractivity contribution in [1.29, 1.82) is 0 Å². The molecule has 0 bridgehead atoms. The molecule has 0 aromatic heterocycles. The fourth-order valence-corrected chi connectivity index (χ4v) is 5.65. The molecule has 2 saturated heterocycles. The molecule has 0 unspecified atom stereocenters. The average Bonchev–Trinajstić information content (AvgIpc) is 3.17. The molecule has 1 amide bonds. The maximum Gasteiger partial charge on any atom is 0.295 e. The molecule has 204 valence electrons. The maximum atomic E-state index is 13.3. The molecule has 2 aromatic rings. The second-order valence-electron chi connectivity index (χ2n) is 10.1. The van der Waals surface area contributed by atoms with Gasteiger partial charge < -0.3 is 14.7 Å². The number of aliphatic hydroxyl groups excluding tert-OH is 1. The minimum absolute atomic E-state index is 0.00232. The van der Waals surface area contributed by atoms with Crippen LogP contribution in [0.15, 0.2) is 59.0 Å². The van der Waals surface area contributed by atoms with Crippen molar-refractivity contribution in [3.05, 3.63) is 70.8 Å². The lowest BCUT2D eigenvalue weighted by Gasteiger charge is -2.31. The van der Waals surface area contributed by atoms with Gasteiger partial charge in [-0.2, -0.15) is 0 Å². The number of rotatable bonds is 8. The topological polar surface area (TPSA) is 107 Å². The van der Waals surface area contributed by atoms with Crippen LogP contribution in [-0.2, 0) is 24.3 Å². The Morgan fingerprint density at radius 1 is 1.00 bits per heavy atom. The summed E-state index contributed by atoms with van der Waals surface area (Å²) in [5.74, 6) is -1.44. The van der Waals surface area contributed by atoms with E-state index < -0.39 is 27.8 Å². The first-order valence-electron chi connectivity index (χ1n) is 12.7. The van der Waals surface area contributed by atoms with Crippen LogP contribution in [0, 0.1) is 0 Å². The highest BCUT2D eigenvalue weighted by Crippen LogP contribution is 2.39. The second-order valence-corrected chi connectivity index (χ2v) is 12.2. The quantitative estimate of drug-likeness (QED) is 0.311. The molecule has 0 radical (unpaired) electrons. The summed E-state index contributed by atoms with van der Waals surface area (Å²) in [6.45, 7) is 7.82. The first kappa shape index (κ1) is 28.0. The Bertz CT molecular complexity index is 1310. The smallest absolute Gasteiger partial charge is 0.295 e. The van der Waals surface area contributed by atoms with Gasteiger partial charge in [-0.25, -0.2) is 12.7 Å². The highest BCUT2D eigenvalue weighted by Gasteiger charge is 2.46. The third-order valence-electron chi connectivity index (χ3n) is 7.13. The number of hydrogen-bond acceptors (Lipinski definition) is 7. The minimum atomic E-state index is -3.66. The van der Waals surface area contributed by atoms with Gasteiger partial charge in [0.15, 0.2) is 0 Å². The zero-order chi connectivity index (χ0) is 27.6. The average molecular weight is 542 g/mol. The lowest BCUT2D eigenvalue weighted by atomic mass is 9.93. The molecule has 2 aromatic carbocycles. The number of likely N-dealkylation sites (tertiary alicyclic amines) is 1. The van der Waals surface area contributed by atoms with E-state index in [2.05, 4.69) is 18.7 Å². The van der Waals surface area contributed by atoms with Gasteiger partial charge in [-0.3, -0.25) is 14.5 Å². The molecule has 2 aliphatic heterocycles. The lowest BCUT2D eigenvalue weighted by Crippen LogP contribution is -2.42. The summed E-state index contributed by atoms with van der Waals surface area (Å²) in [5, 5.41) is 11.3. The summed E-state index contributed by atoms with van der Waals surface area (Å²) in [5.41, 5.74) is 2.11. The lowest BCUT2D eigenvalue weighted by molar-refractivity contribution is -0.140. The number of sulfonamides is 1.